The number of amides is 1. The van der Waals surface area contributed by atoms with Crippen LogP contribution in [-0.4, -0.2) is 17.8 Å². The van der Waals surface area contributed by atoms with Crippen molar-refractivity contribution in [3.8, 4) is 0 Å². The van der Waals surface area contributed by atoms with Crippen molar-refractivity contribution in [2.45, 2.75) is 6.92 Å². The molecule has 5 heteroatoms. The molecule has 1 aromatic heterocycles. The van der Waals surface area contributed by atoms with Gasteiger partial charge in [-0.25, -0.2) is 0 Å². The Balaban J connectivity index is 2.71. The van der Waals surface area contributed by atoms with Crippen LogP contribution in [0.1, 0.15) is 15.2 Å². The van der Waals surface area contributed by atoms with Crippen LogP contribution in [0.3, 0.4) is 0 Å². The Hall–Kier alpha value is -0.0600. The van der Waals surface area contributed by atoms with Crippen LogP contribution in [0.25, 0.3) is 0 Å². The molecule has 1 rings (SSSR count). The first kappa shape index (κ1) is 11.0. The molecule has 0 unspecified atom stereocenters. The molecular weight excluding hydrogens is 274 g/mol. The zero-order valence-electron chi connectivity index (χ0n) is 7.06. The second-order valence-corrected chi connectivity index (χ2v) is 4.56. The molecule has 0 aliphatic heterocycles. The summed E-state index contributed by atoms with van der Waals surface area (Å²) in [6.07, 6.45) is 0. The van der Waals surface area contributed by atoms with Crippen molar-refractivity contribution >= 4 is 44.8 Å². The fraction of sp³-hybridized carbons (Fsp3) is 0.375. The SMILES string of the molecule is Cc1csc(C(=O)NCCBr)c1Cl. The normalized spacial score (nSPS) is 10.1. The summed E-state index contributed by atoms with van der Waals surface area (Å²) in [6, 6.07) is 0. The average molecular weight is 283 g/mol. The van der Waals surface area contributed by atoms with Crippen LogP contribution in [0.5, 0.6) is 0 Å². The van der Waals surface area contributed by atoms with Gasteiger partial charge in [-0.15, -0.1) is 11.3 Å². The Morgan fingerprint density at radius 2 is 2.46 bits per heavy atom. The van der Waals surface area contributed by atoms with E-state index in [4.69, 9.17) is 11.6 Å². The molecule has 0 saturated carbocycles. The molecule has 0 saturated heterocycles. The van der Waals surface area contributed by atoms with Gasteiger partial charge in [0, 0.05) is 11.9 Å². The molecule has 0 radical (unpaired) electrons. The van der Waals surface area contributed by atoms with Gasteiger partial charge in [0.2, 0.25) is 0 Å². The second-order valence-electron chi connectivity index (χ2n) is 2.51. The van der Waals surface area contributed by atoms with Crippen LogP contribution in [0, 0.1) is 6.92 Å². The minimum atomic E-state index is -0.0949. The minimum Gasteiger partial charge on any atom is -0.350 e. The minimum absolute atomic E-state index is 0.0949. The van der Waals surface area contributed by atoms with Crippen LogP contribution in [-0.2, 0) is 0 Å². The first-order chi connectivity index (χ1) is 6.16. The van der Waals surface area contributed by atoms with E-state index in [1.165, 1.54) is 11.3 Å². The Morgan fingerprint density at radius 3 is 2.92 bits per heavy atom. The summed E-state index contributed by atoms with van der Waals surface area (Å²) in [4.78, 5) is 12.0. The fourth-order valence-corrected chi connectivity index (χ4v) is 2.22. The Kier molecular flexibility index (Phi) is 4.22. The monoisotopic (exact) mass is 281 g/mol. The maximum atomic E-state index is 11.4. The fourth-order valence-electron chi connectivity index (χ4n) is 0.824. The molecule has 0 fully saturated rings. The van der Waals surface area contributed by atoms with Gasteiger partial charge in [0.05, 0.1) is 5.02 Å². The lowest BCUT2D eigenvalue weighted by atomic mass is 10.3. The summed E-state index contributed by atoms with van der Waals surface area (Å²) in [5.41, 5.74) is 0.954. The van der Waals surface area contributed by atoms with Gasteiger partial charge < -0.3 is 5.32 Å². The topological polar surface area (TPSA) is 29.1 Å². The quantitative estimate of drug-likeness (QED) is 0.849. The van der Waals surface area contributed by atoms with Gasteiger partial charge in [0.15, 0.2) is 0 Å². The molecule has 13 heavy (non-hydrogen) atoms. The molecule has 1 aromatic rings. The first-order valence-corrected chi connectivity index (χ1v) is 6.12. The molecule has 0 aromatic carbocycles. The van der Waals surface area contributed by atoms with E-state index in [1.54, 1.807) is 0 Å². The average Bonchev–Trinajstić information content (AvgIpc) is 2.44. The van der Waals surface area contributed by atoms with Gasteiger partial charge in [0.1, 0.15) is 4.88 Å². The van der Waals surface area contributed by atoms with Crippen molar-refractivity contribution in [1.82, 2.24) is 5.32 Å². The van der Waals surface area contributed by atoms with E-state index in [0.717, 1.165) is 10.9 Å². The Morgan fingerprint density at radius 1 is 1.77 bits per heavy atom. The van der Waals surface area contributed by atoms with Gasteiger partial charge in [-0.3, -0.25) is 4.79 Å². The third-order valence-electron chi connectivity index (χ3n) is 1.49. The van der Waals surface area contributed by atoms with Crippen molar-refractivity contribution in [1.29, 1.82) is 0 Å². The molecule has 0 aliphatic rings. The molecule has 2 nitrogen and oxygen atoms in total. The summed E-state index contributed by atoms with van der Waals surface area (Å²) in [5.74, 6) is -0.0949. The lowest BCUT2D eigenvalue weighted by Gasteiger charge is -2.00. The number of rotatable bonds is 3. The third kappa shape index (κ3) is 2.69. The molecule has 1 N–H and O–H groups in total. The van der Waals surface area contributed by atoms with Crippen LogP contribution in [0.4, 0.5) is 0 Å². The molecule has 0 aliphatic carbocycles. The molecule has 0 atom stereocenters. The molecule has 1 heterocycles. The Bertz CT molecular complexity index is 313. The summed E-state index contributed by atoms with van der Waals surface area (Å²) in [5, 5.41) is 5.94. The number of aryl methyl sites for hydroxylation is 1. The highest BCUT2D eigenvalue weighted by atomic mass is 79.9. The van der Waals surface area contributed by atoms with Crippen molar-refractivity contribution < 1.29 is 4.79 Å². The predicted octanol–water partition coefficient (Wildman–Crippen LogP) is 2.83. The number of halogens is 2. The number of alkyl halides is 1. The Labute approximate surface area is 94.4 Å². The number of hydrogen-bond acceptors (Lipinski definition) is 2. The maximum absolute atomic E-state index is 11.4. The predicted molar refractivity (Wildman–Crippen MR) is 60.2 cm³/mol. The third-order valence-corrected chi connectivity index (χ3v) is 3.58. The largest absolute Gasteiger partial charge is 0.350 e. The van der Waals surface area contributed by atoms with Gasteiger partial charge in [-0.05, 0) is 17.9 Å². The highest BCUT2D eigenvalue weighted by molar-refractivity contribution is 9.09. The smallest absolute Gasteiger partial charge is 0.262 e. The van der Waals surface area contributed by atoms with E-state index in [0.29, 0.717) is 16.4 Å². The summed E-state index contributed by atoms with van der Waals surface area (Å²) in [6.45, 7) is 2.51. The summed E-state index contributed by atoms with van der Waals surface area (Å²) in [7, 11) is 0. The van der Waals surface area contributed by atoms with Crippen molar-refractivity contribution in [3.63, 3.8) is 0 Å². The van der Waals surface area contributed by atoms with Crippen molar-refractivity contribution in [3.05, 3.63) is 20.8 Å². The van der Waals surface area contributed by atoms with Gasteiger partial charge in [0.25, 0.3) is 5.91 Å². The zero-order chi connectivity index (χ0) is 9.84. The van der Waals surface area contributed by atoms with E-state index >= 15 is 0 Å². The summed E-state index contributed by atoms with van der Waals surface area (Å²) < 4.78 is 0. The zero-order valence-corrected chi connectivity index (χ0v) is 10.2. The highest BCUT2D eigenvalue weighted by Gasteiger charge is 2.13. The number of nitrogens with one attached hydrogen (secondary N) is 1. The molecule has 1 amide bonds. The van der Waals surface area contributed by atoms with Crippen molar-refractivity contribution in [2.24, 2.45) is 0 Å². The second kappa shape index (κ2) is 4.98. The van der Waals surface area contributed by atoms with E-state index in [-0.39, 0.29) is 5.91 Å². The van der Waals surface area contributed by atoms with Crippen LogP contribution in [0.2, 0.25) is 5.02 Å². The lowest BCUT2D eigenvalue weighted by molar-refractivity contribution is 0.0960. The highest BCUT2D eigenvalue weighted by Crippen LogP contribution is 2.26. The van der Waals surface area contributed by atoms with E-state index in [1.807, 2.05) is 12.3 Å². The number of carbonyl (C=O) groups is 1. The van der Waals surface area contributed by atoms with Crippen LogP contribution >= 0.6 is 38.9 Å². The molecule has 0 bridgehead atoms. The standard InChI is InChI=1S/C8H9BrClNOS/c1-5-4-13-7(6(5)10)8(12)11-3-2-9/h4H,2-3H2,1H3,(H,11,12). The van der Waals surface area contributed by atoms with E-state index in [9.17, 15) is 4.79 Å². The maximum Gasteiger partial charge on any atom is 0.262 e. The van der Waals surface area contributed by atoms with E-state index in [2.05, 4.69) is 21.2 Å². The van der Waals surface area contributed by atoms with E-state index < -0.39 is 0 Å². The number of thiophene rings is 1. The van der Waals surface area contributed by atoms with Crippen LogP contribution in [0.15, 0.2) is 5.38 Å². The van der Waals surface area contributed by atoms with Gasteiger partial charge in [-0.1, -0.05) is 27.5 Å². The van der Waals surface area contributed by atoms with Gasteiger partial charge in [-0.2, -0.15) is 0 Å². The van der Waals surface area contributed by atoms with Gasteiger partial charge >= 0.3 is 0 Å². The first-order valence-electron chi connectivity index (χ1n) is 3.74. The number of hydrogen-bond donors (Lipinski definition) is 1. The molecule has 72 valence electrons. The number of carbonyl (C=O) groups excluding carboxylic acids is 1. The molecule has 0 spiro atoms. The van der Waals surface area contributed by atoms with Crippen LogP contribution < -0.4 is 5.32 Å². The molecular formula is C8H9BrClNOS. The summed E-state index contributed by atoms with van der Waals surface area (Å²) >= 11 is 10.5. The van der Waals surface area contributed by atoms with Crippen molar-refractivity contribution in [2.75, 3.05) is 11.9 Å². The lowest BCUT2D eigenvalue weighted by Crippen LogP contribution is -2.24.